The van der Waals surface area contributed by atoms with Gasteiger partial charge < -0.3 is 5.11 Å². The number of nitrogens with zero attached hydrogens (tertiary/aromatic N) is 2. The number of hydrogen-bond acceptors (Lipinski definition) is 3. The second-order valence-corrected chi connectivity index (χ2v) is 6.57. The lowest BCUT2D eigenvalue weighted by molar-refractivity contribution is -0.297. The van der Waals surface area contributed by atoms with E-state index in [1.807, 2.05) is 6.92 Å². The summed E-state index contributed by atoms with van der Waals surface area (Å²) in [4.78, 5) is 12.7. The minimum Gasteiger partial charge on any atom is -0.362 e. The Morgan fingerprint density at radius 2 is 1.89 bits per heavy atom. The van der Waals surface area contributed by atoms with Crippen LogP contribution >= 0.6 is 0 Å². The molecule has 1 amide bonds. The molecule has 0 unspecified atom stereocenters. The van der Waals surface area contributed by atoms with Crippen molar-refractivity contribution in [1.82, 2.24) is 5.01 Å². The van der Waals surface area contributed by atoms with Gasteiger partial charge in [-0.05, 0) is 36.6 Å². The van der Waals surface area contributed by atoms with Crippen LogP contribution in [0.1, 0.15) is 40.4 Å². The maximum absolute atomic E-state index is 13.6. The van der Waals surface area contributed by atoms with Gasteiger partial charge in [-0.25, -0.2) is 0 Å². The number of halogens is 3. The summed E-state index contributed by atoms with van der Waals surface area (Å²) in [6, 6.07) is 13.0. The molecule has 0 saturated carbocycles. The van der Waals surface area contributed by atoms with Crippen LogP contribution in [0.4, 0.5) is 13.2 Å². The van der Waals surface area contributed by atoms with E-state index in [0.29, 0.717) is 5.56 Å². The summed E-state index contributed by atoms with van der Waals surface area (Å²) in [5, 5.41) is 14.4. The number of aliphatic hydroxyl groups is 1. The van der Waals surface area contributed by atoms with Gasteiger partial charge in [0.15, 0.2) is 0 Å². The summed E-state index contributed by atoms with van der Waals surface area (Å²) in [5.74, 6) is -1.00. The van der Waals surface area contributed by atoms with Crippen molar-refractivity contribution < 1.29 is 23.1 Å². The highest BCUT2D eigenvalue weighted by Gasteiger charge is 2.63. The van der Waals surface area contributed by atoms with Crippen molar-refractivity contribution in [1.29, 1.82) is 0 Å². The van der Waals surface area contributed by atoms with Crippen LogP contribution in [0.3, 0.4) is 0 Å². The van der Waals surface area contributed by atoms with E-state index >= 15 is 0 Å². The lowest BCUT2D eigenvalue weighted by Gasteiger charge is -2.32. The monoisotopic (exact) mass is 376 g/mol. The Morgan fingerprint density at radius 1 is 1.22 bits per heavy atom. The van der Waals surface area contributed by atoms with Gasteiger partial charge in [0.1, 0.15) is 0 Å². The van der Waals surface area contributed by atoms with Crippen molar-refractivity contribution in [2.75, 3.05) is 0 Å². The highest BCUT2D eigenvalue weighted by atomic mass is 19.4. The van der Waals surface area contributed by atoms with Gasteiger partial charge in [-0.15, -0.1) is 0 Å². The number of amides is 1. The predicted molar refractivity (Wildman–Crippen MR) is 95.3 cm³/mol. The third-order valence-corrected chi connectivity index (χ3v) is 4.59. The van der Waals surface area contributed by atoms with Gasteiger partial charge in [-0.2, -0.15) is 23.3 Å². The van der Waals surface area contributed by atoms with Crippen molar-refractivity contribution in [3.8, 4) is 0 Å². The topological polar surface area (TPSA) is 52.9 Å². The molecular formula is C20H19F3N2O2. The molecular weight excluding hydrogens is 357 g/mol. The Bertz CT molecular complexity index is 891. The predicted octanol–water partition coefficient (Wildman–Crippen LogP) is 4.06. The van der Waals surface area contributed by atoms with Crippen LogP contribution in [0.5, 0.6) is 0 Å². The average molecular weight is 376 g/mol. The number of benzene rings is 2. The molecule has 27 heavy (non-hydrogen) atoms. The molecule has 2 aromatic carbocycles. The van der Waals surface area contributed by atoms with E-state index in [1.54, 1.807) is 43.3 Å². The summed E-state index contributed by atoms with van der Waals surface area (Å²) in [6.07, 6.45) is -5.09. The molecule has 0 fully saturated rings. The molecule has 1 aliphatic rings. The third kappa shape index (κ3) is 3.47. The number of aryl methyl sites for hydroxylation is 2. The SMILES string of the molecule is CCc1ccc(C2=NN(C(=O)c3cccc(C)c3)[C@](O)(C(F)(F)F)C2)cc1. The number of rotatable bonds is 3. The number of alkyl halides is 3. The standard InChI is InChI=1S/C20H19F3N2O2/c1-3-14-7-9-15(10-8-14)17-12-19(27,20(21,22)23)25(24-17)18(26)16-6-4-5-13(2)11-16/h4-11,27H,3,12H2,1-2H3/t19-/m1/s1. The molecule has 1 heterocycles. The molecule has 3 rings (SSSR count). The third-order valence-electron chi connectivity index (χ3n) is 4.59. The van der Waals surface area contributed by atoms with Gasteiger partial charge >= 0.3 is 6.18 Å². The van der Waals surface area contributed by atoms with Gasteiger partial charge in [0.25, 0.3) is 11.6 Å². The normalized spacial score (nSPS) is 19.9. The number of carbonyl (C=O) groups is 1. The smallest absolute Gasteiger partial charge is 0.362 e. The van der Waals surface area contributed by atoms with E-state index in [9.17, 15) is 23.1 Å². The molecule has 0 saturated heterocycles. The zero-order valence-electron chi connectivity index (χ0n) is 14.9. The molecule has 1 N–H and O–H groups in total. The van der Waals surface area contributed by atoms with Gasteiger partial charge in [0.05, 0.1) is 12.1 Å². The van der Waals surface area contributed by atoms with Crippen molar-refractivity contribution >= 4 is 11.6 Å². The average Bonchev–Trinajstić information content (AvgIpc) is 3.00. The maximum atomic E-state index is 13.6. The van der Waals surface area contributed by atoms with Crippen molar-refractivity contribution in [3.63, 3.8) is 0 Å². The van der Waals surface area contributed by atoms with Gasteiger partial charge in [-0.1, -0.05) is 48.9 Å². The molecule has 1 atom stereocenters. The second kappa shape index (κ2) is 6.81. The first kappa shape index (κ1) is 19.1. The van der Waals surface area contributed by atoms with Crippen LogP contribution in [-0.2, 0) is 6.42 Å². The van der Waals surface area contributed by atoms with Crippen LogP contribution in [-0.4, -0.2) is 33.6 Å². The van der Waals surface area contributed by atoms with Crippen molar-refractivity contribution in [3.05, 3.63) is 70.8 Å². The molecule has 7 heteroatoms. The molecule has 2 aromatic rings. The molecule has 1 aliphatic heterocycles. The zero-order chi connectivity index (χ0) is 19.8. The van der Waals surface area contributed by atoms with E-state index in [0.717, 1.165) is 17.5 Å². The lowest BCUT2D eigenvalue weighted by atomic mass is 9.99. The summed E-state index contributed by atoms with van der Waals surface area (Å²) in [5.41, 5.74) is -1.16. The van der Waals surface area contributed by atoms with E-state index in [1.165, 1.54) is 12.1 Å². The van der Waals surface area contributed by atoms with Gasteiger partial charge in [-0.3, -0.25) is 4.79 Å². The molecule has 0 radical (unpaired) electrons. The molecule has 4 nitrogen and oxygen atoms in total. The fourth-order valence-electron chi connectivity index (χ4n) is 2.97. The van der Waals surface area contributed by atoms with Gasteiger partial charge in [0, 0.05) is 5.56 Å². The summed E-state index contributed by atoms with van der Waals surface area (Å²) < 4.78 is 40.9. The Labute approximate surface area is 154 Å². The van der Waals surface area contributed by atoms with E-state index in [-0.39, 0.29) is 16.3 Å². The van der Waals surface area contributed by atoms with E-state index in [4.69, 9.17) is 0 Å². The largest absolute Gasteiger partial charge is 0.438 e. The number of hydrogen-bond donors (Lipinski definition) is 1. The first-order valence-electron chi connectivity index (χ1n) is 8.53. The minimum atomic E-state index is -5.05. The minimum absolute atomic E-state index is 0.0125. The molecule has 142 valence electrons. The summed E-state index contributed by atoms with van der Waals surface area (Å²) in [7, 11) is 0. The van der Waals surface area contributed by atoms with Crippen LogP contribution in [0.2, 0.25) is 0 Å². The van der Waals surface area contributed by atoms with Crippen molar-refractivity contribution in [2.24, 2.45) is 5.10 Å². The fraction of sp³-hybridized carbons (Fsp3) is 0.300. The van der Waals surface area contributed by atoms with Crippen LogP contribution in [0.25, 0.3) is 0 Å². The molecule has 0 aromatic heterocycles. The molecule has 0 spiro atoms. The quantitative estimate of drug-likeness (QED) is 0.878. The molecule has 0 aliphatic carbocycles. The Kier molecular flexibility index (Phi) is 4.82. The maximum Gasteiger partial charge on any atom is 0.438 e. The Balaban J connectivity index is 2.03. The van der Waals surface area contributed by atoms with Crippen LogP contribution in [0, 0.1) is 6.92 Å². The Hall–Kier alpha value is -2.67. The highest BCUT2D eigenvalue weighted by molar-refractivity contribution is 6.05. The summed E-state index contributed by atoms with van der Waals surface area (Å²) in [6.45, 7) is 3.69. The number of hydrazone groups is 1. The van der Waals surface area contributed by atoms with Crippen LogP contribution in [0.15, 0.2) is 53.6 Å². The van der Waals surface area contributed by atoms with Gasteiger partial charge in [0.2, 0.25) is 0 Å². The van der Waals surface area contributed by atoms with Crippen LogP contribution < -0.4 is 0 Å². The highest BCUT2D eigenvalue weighted by Crippen LogP contribution is 2.42. The first-order chi connectivity index (χ1) is 12.7. The fourth-order valence-corrected chi connectivity index (χ4v) is 2.97. The Morgan fingerprint density at radius 3 is 2.44 bits per heavy atom. The van der Waals surface area contributed by atoms with E-state index in [2.05, 4.69) is 5.10 Å². The number of carbonyl (C=O) groups excluding carboxylic acids is 1. The van der Waals surface area contributed by atoms with Crippen molar-refractivity contribution in [2.45, 2.75) is 38.6 Å². The summed E-state index contributed by atoms with van der Waals surface area (Å²) >= 11 is 0. The first-order valence-corrected chi connectivity index (χ1v) is 8.53. The lowest BCUT2D eigenvalue weighted by Crippen LogP contribution is -2.56. The second-order valence-electron chi connectivity index (χ2n) is 6.57. The zero-order valence-corrected chi connectivity index (χ0v) is 14.9. The molecule has 0 bridgehead atoms. The van der Waals surface area contributed by atoms with E-state index < -0.39 is 24.2 Å².